The zero-order valence-electron chi connectivity index (χ0n) is 7.18. The number of benzene rings is 1. The molecule has 0 aliphatic heterocycles. The molecule has 3 heteroatoms. The van der Waals surface area contributed by atoms with Crippen molar-refractivity contribution >= 4 is 17.3 Å². The van der Waals surface area contributed by atoms with Crippen molar-refractivity contribution in [3.8, 4) is 0 Å². The minimum Gasteiger partial charge on any atom is -0.398 e. The minimum atomic E-state index is -0.481. The molecule has 3 nitrogen and oxygen atoms in total. The molecule has 0 spiro atoms. The number of Topliss-reactive ketones (excluding diaryl/α,β-unsaturated/α-hetero) is 2. The largest absolute Gasteiger partial charge is 0.398 e. The average molecular weight is 174 g/mol. The number of nitrogen functional groups attached to an aromatic ring is 1. The predicted octanol–water partition coefficient (Wildman–Crippen LogP) is 1.01. The maximum Gasteiger partial charge on any atom is 0.235 e. The Morgan fingerprint density at radius 2 is 2.08 bits per heavy atom. The van der Waals surface area contributed by atoms with E-state index in [0.717, 1.165) is 5.56 Å². The Bertz CT molecular complexity index is 421. The van der Waals surface area contributed by atoms with Crippen molar-refractivity contribution < 1.29 is 9.59 Å². The third kappa shape index (κ3) is 0.840. The number of fused-ring (bicyclic) bond motifs is 2. The van der Waals surface area contributed by atoms with Crippen LogP contribution < -0.4 is 5.73 Å². The van der Waals surface area contributed by atoms with E-state index in [9.17, 15) is 9.59 Å². The normalized spacial score (nSPS) is 13.9. The molecule has 2 N–H and O–H groups in total. The van der Waals surface area contributed by atoms with Crippen LogP contribution >= 0.6 is 0 Å². The summed E-state index contributed by atoms with van der Waals surface area (Å²) < 4.78 is 0. The van der Waals surface area contributed by atoms with Gasteiger partial charge >= 0.3 is 0 Å². The van der Waals surface area contributed by atoms with Gasteiger partial charge in [0.2, 0.25) is 11.6 Å². The molecule has 0 saturated heterocycles. The Kier molecular flexibility index (Phi) is 1.49. The van der Waals surface area contributed by atoms with Crippen molar-refractivity contribution in [2.24, 2.45) is 0 Å². The third-order valence-electron chi connectivity index (χ3n) is 2.28. The molecule has 0 atom stereocenters. The number of nitrogens with two attached hydrogens (primary N) is 1. The Hall–Kier alpha value is -1.64. The zero-order chi connectivity index (χ0) is 9.59. The van der Waals surface area contributed by atoms with E-state index in [1.807, 2.05) is 6.92 Å². The van der Waals surface area contributed by atoms with Gasteiger partial charge < -0.3 is 5.73 Å². The summed E-state index contributed by atoms with van der Waals surface area (Å²) in [7, 11) is 0. The molecule has 0 heterocycles. The molecule has 0 aromatic heterocycles. The molecule has 65 valence electrons. The van der Waals surface area contributed by atoms with Crippen LogP contribution in [0.3, 0.4) is 0 Å². The number of carbonyl (C=O) groups is 2. The fourth-order valence-corrected chi connectivity index (χ4v) is 1.66. The standard InChI is InChI=1S/C10H8NO2/c1-2-5-6-3-4-7(11)8(5)10(13)9(6)12/h4H,2,11H2,1H3. The second-order valence-corrected chi connectivity index (χ2v) is 2.98. The number of anilines is 1. The average Bonchev–Trinajstić information content (AvgIpc) is 2.31. The lowest BCUT2D eigenvalue weighted by Crippen LogP contribution is -2.06. The molecule has 1 aliphatic rings. The highest BCUT2D eigenvalue weighted by Crippen LogP contribution is 2.29. The quantitative estimate of drug-likeness (QED) is 0.510. The van der Waals surface area contributed by atoms with E-state index in [1.54, 1.807) is 0 Å². The Morgan fingerprint density at radius 3 is 2.62 bits per heavy atom. The van der Waals surface area contributed by atoms with Gasteiger partial charge in [-0.05, 0) is 24.1 Å². The van der Waals surface area contributed by atoms with E-state index in [0.29, 0.717) is 23.2 Å². The van der Waals surface area contributed by atoms with Crippen LogP contribution in [0.4, 0.5) is 5.69 Å². The highest BCUT2D eigenvalue weighted by molar-refractivity contribution is 6.54. The highest BCUT2D eigenvalue weighted by atomic mass is 16.2. The van der Waals surface area contributed by atoms with Crippen LogP contribution in [0.15, 0.2) is 6.07 Å². The summed E-state index contributed by atoms with van der Waals surface area (Å²) in [5.41, 5.74) is 7.48. The molecule has 1 radical (unpaired) electrons. The molecular formula is C10H8NO2. The second kappa shape index (κ2) is 2.42. The zero-order valence-corrected chi connectivity index (χ0v) is 7.18. The van der Waals surface area contributed by atoms with Gasteiger partial charge in [-0.2, -0.15) is 0 Å². The minimum absolute atomic E-state index is 0.358. The van der Waals surface area contributed by atoms with Gasteiger partial charge in [-0.25, -0.2) is 0 Å². The molecule has 1 aliphatic carbocycles. The highest BCUT2D eigenvalue weighted by Gasteiger charge is 2.33. The fraction of sp³-hybridized carbons (Fsp3) is 0.200. The Balaban J connectivity index is 2.81. The molecule has 1 aromatic rings. The van der Waals surface area contributed by atoms with Gasteiger partial charge in [0.15, 0.2) is 0 Å². The van der Waals surface area contributed by atoms with Crippen molar-refractivity contribution in [1.82, 2.24) is 0 Å². The lowest BCUT2D eigenvalue weighted by molar-refractivity contribution is 0.0826. The van der Waals surface area contributed by atoms with Crippen LogP contribution in [-0.2, 0) is 6.42 Å². The SMILES string of the molecule is CCc1c2[c]cc(N)c1C(=O)C2=O. The lowest BCUT2D eigenvalue weighted by atomic mass is 10.0. The molecule has 1 aromatic carbocycles. The van der Waals surface area contributed by atoms with Gasteiger partial charge in [-0.3, -0.25) is 9.59 Å². The summed E-state index contributed by atoms with van der Waals surface area (Å²) in [6, 6.07) is 4.24. The third-order valence-corrected chi connectivity index (χ3v) is 2.28. The van der Waals surface area contributed by atoms with Gasteiger partial charge in [-0.15, -0.1) is 0 Å². The van der Waals surface area contributed by atoms with E-state index >= 15 is 0 Å². The number of hydrogen-bond acceptors (Lipinski definition) is 3. The molecule has 13 heavy (non-hydrogen) atoms. The van der Waals surface area contributed by atoms with E-state index in [1.165, 1.54) is 6.07 Å². The van der Waals surface area contributed by atoms with Crippen LogP contribution in [0.5, 0.6) is 0 Å². The van der Waals surface area contributed by atoms with Gasteiger partial charge in [-0.1, -0.05) is 6.92 Å². The summed E-state index contributed by atoms with van der Waals surface area (Å²) in [6.07, 6.45) is 0.643. The van der Waals surface area contributed by atoms with Crippen molar-refractivity contribution in [3.05, 3.63) is 28.8 Å². The maximum absolute atomic E-state index is 11.4. The number of hydrogen-bond donors (Lipinski definition) is 1. The van der Waals surface area contributed by atoms with Crippen molar-refractivity contribution in [2.45, 2.75) is 13.3 Å². The van der Waals surface area contributed by atoms with Crippen LogP contribution in [0.25, 0.3) is 0 Å². The van der Waals surface area contributed by atoms with Crippen LogP contribution in [0, 0.1) is 6.07 Å². The number of ketones is 2. The molecule has 0 fully saturated rings. The summed E-state index contributed by atoms with van der Waals surface area (Å²) >= 11 is 0. The van der Waals surface area contributed by atoms with Crippen molar-refractivity contribution in [2.75, 3.05) is 5.73 Å². The number of carbonyl (C=O) groups excluding carboxylic acids is 2. The van der Waals surface area contributed by atoms with Gasteiger partial charge in [0.25, 0.3) is 0 Å². The van der Waals surface area contributed by atoms with Gasteiger partial charge in [0.05, 0.1) is 5.56 Å². The van der Waals surface area contributed by atoms with Crippen molar-refractivity contribution in [3.63, 3.8) is 0 Å². The second-order valence-electron chi connectivity index (χ2n) is 2.98. The maximum atomic E-state index is 11.4. The first kappa shape index (κ1) is 7.98. The topological polar surface area (TPSA) is 60.2 Å². The molecule has 0 amide bonds. The number of rotatable bonds is 1. The van der Waals surface area contributed by atoms with E-state index < -0.39 is 11.6 Å². The van der Waals surface area contributed by atoms with Crippen LogP contribution in [0.2, 0.25) is 0 Å². The lowest BCUT2D eigenvalue weighted by Gasteiger charge is -2.01. The Labute approximate surface area is 75.5 Å². The van der Waals surface area contributed by atoms with Crippen LogP contribution in [0.1, 0.15) is 33.2 Å². The first-order valence-corrected chi connectivity index (χ1v) is 4.08. The molecular weight excluding hydrogens is 166 g/mol. The summed E-state index contributed by atoms with van der Waals surface area (Å²) in [5, 5.41) is 0. The summed E-state index contributed by atoms with van der Waals surface area (Å²) in [6.45, 7) is 1.89. The van der Waals surface area contributed by atoms with Crippen molar-refractivity contribution in [1.29, 1.82) is 0 Å². The predicted molar refractivity (Wildman–Crippen MR) is 47.7 cm³/mol. The van der Waals surface area contributed by atoms with E-state index in [2.05, 4.69) is 6.07 Å². The molecule has 2 bridgehead atoms. The monoisotopic (exact) mass is 174 g/mol. The molecule has 0 saturated carbocycles. The summed E-state index contributed by atoms with van der Waals surface area (Å²) in [5.74, 6) is -0.950. The van der Waals surface area contributed by atoms with E-state index in [-0.39, 0.29) is 0 Å². The van der Waals surface area contributed by atoms with Gasteiger partial charge in [0, 0.05) is 11.3 Å². The smallest absolute Gasteiger partial charge is 0.235 e. The van der Waals surface area contributed by atoms with E-state index in [4.69, 9.17) is 5.73 Å². The molecule has 0 unspecified atom stereocenters. The first-order chi connectivity index (χ1) is 6.16. The Morgan fingerprint density at radius 1 is 1.38 bits per heavy atom. The fourth-order valence-electron chi connectivity index (χ4n) is 1.66. The van der Waals surface area contributed by atoms with Crippen LogP contribution in [-0.4, -0.2) is 11.6 Å². The first-order valence-electron chi connectivity index (χ1n) is 4.08. The molecule has 2 rings (SSSR count). The van der Waals surface area contributed by atoms with Gasteiger partial charge in [0.1, 0.15) is 0 Å². The summed E-state index contributed by atoms with van der Waals surface area (Å²) in [4.78, 5) is 22.7.